The maximum Gasteiger partial charge on any atom is 0.490 e. The molecule has 1 aromatic heterocycles. The minimum atomic E-state index is -5.33. The van der Waals surface area contributed by atoms with Gasteiger partial charge in [-0.3, -0.25) is 9.69 Å². The fraction of sp³-hybridized carbons (Fsp3) is 0.214. The number of alkyl halides is 3. The predicted octanol–water partition coefficient (Wildman–Crippen LogP) is 4.08. The number of ether oxygens (including phenoxy) is 1. The molecule has 1 amide bonds. The molecule has 0 saturated carbocycles. The molecule has 4 aromatic rings. The molecule has 13 heteroatoms. The van der Waals surface area contributed by atoms with Crippen molar-refractivity contribution in [2.24, 2.45) is 0 Å². The molecule has 0 aliphatic carbocycles. The van der Waals surface area contributed by atoms with Crippen LogP contribution in [0.15, 0.2) is 67.1 Å². The molecule has 1 atom stereocenters. The van der Waals surface area contributed by atoms with E-state index in [1.807, 2.05) is 0 Å². The SMILES string of the molecule is N#Cc1ccc(Cn2cncc2CN2CCN(c3cccc4ccc(O)cc34)C(=O)C2OC(=O)C(F)(F)F)cc1F. The summed E-state index contributed by atoms with van der Waals surface area (Å²) >= 11 is 0. The molecular weight excluding hydrogens is 546 g/mol. The third kappa shape index (κ3) is 5.68. The van der Waals surface area contributed by atoms with Crippen LogP contribution in [0.1, 0.15) is 16.8 Å². The number of nitrogens with zero attached hydrogens (tertiary/aromatic N) is 5. The van der Waals surface area contributed by atoms with Crippen LogP contribution in [0.25, 0.3) is 10.8 Å². The van der Waals surface area contributed by atoms with Gasteiger partial charge < -0.3 is 19.3 Å². The number of nitriles is 1. The van der Waals surface area contributed by atoms with Crippen molar-refractivity contribution >= 4 is 28.3 Å². The molecule has 1 N–H and O–H groups in total. The highest BCUT2D eigenvalue weighted by atomic mass is 19.4. The van der Waals surface area contributed by atoms with E-state index in [0.717, 1.165) is 0 Å². The lowest BCUT2D eigenvalue weighted by molar-refractivity contribution is -0.214. The second-order valence-electron chi connectivity index (χ2n) is 9.34. The quantitative estimate of drug-likeness (QED) is 0.276. The molecule has 0 bridgehead atoms. The van der Waals surface area contributed by atoms with Crippen molar-refractivity contribution in [3.8, 4) is 11.8 Å². The number of piperazine rings is 1. The molecule has 9 nitrogen and oxygen atoms in total. The number of aromatic nitrogens is 2. The molecule has 1 unspecified atom stereocenters. The summed E-state index contributed by atoms with van der Waals surface area (Å²) in [5.41, 5.74) is 1.18. The van der Waals surface area contributed by atoms with Crippen LogP contribution in [0.5, 0.6) is 5.75 Å². The molecular formula is C28H21F4N5O4. The number of benzene rings is 3. The molecule has 3 aromatic carbocycles. The predicted molar refractivity (Wildman–Crippen MR) is 137 cm³/mol. The van der Waals surface area contributed by atoms with Gasteiger partial charge in [-0.1, -0.05) is 24.3 Å². The van der Waals surface area contributed by atoms with Gasteiger partial charge in [-0.25, -0.2) is 14.2 Å². The van der Waals surface area contributed by atoms with Crippen LogP contribution in [-0.4, -0.2) is 56.9 Å². The summed E-state index contributed by atoms with van der Waals surface area (Å²) in [5.74, 6) is -4.18. The molecule has 210 valence electrons. The molecule has 1 aliphatic heterocycles. The van der Waals surface area contributed by atoms with E-state index in [-0.39, 0.29) is 37.5 Å². The lowest BCUT2D eigenvalue weighted by Gasteiger charge is -2.40. The van der Waals surface area contributed by atoms with Crippen molar-refractivity contribution in [3.63, 3.8) is 0 Å². The highest BCUT2D eigenvalue weighted by Gasteiger charge is 2.47. The van der Waals surface area contributed by atoms with Crippen molar-refractivity contribution in [2.75, 3.05) is 18.0 Å². The average Bonchev–Trinajstić information content (AvgIpc) is 3.36. The maximum absolute atomic E-state index is 14.1. The van der Waals surface area contributed by atoms with Gasteiger partial charge in [0.15, 0.2) is 0 Å². The molecule has 0 radical (unpaired) electrons. The van der Waals surface area contributed by atoms with Crippen LogP contribution < -0.4 is 4.90 Å². The van der Waals surface area contributed by atoms with Crippen LogP contribution in [0, 0.1) is 17.1 Å². The van der Waals surface area contributed by atoms with Gasteiger partial charge in [0.2, 0.25) is 6.23 Å². The average molecular weight is 567 g/mol. The van der Waals surface area contributed by atoms with E-state index in [4.69, 9.17) is 10.00 Å². The van der Waals surface area contributed by atoms with Crippen LogP contribution in [-0.2, 0) is 27.4 Å². The van der Waals surface area contributed by atoms with E-state index in [1.54, 1.807) is 41.0 Å². The summed E-state index contributed by atoms with van der Waals surface area (Å²) in [7, 11) is 0. The zero-order valence-corrected chi connectivity index (χ0v) is 21.2. The smallest absolute Gasteiger partial charge is 0.490 e. The lowest BCUT2D eigenvalue weighted by atomic mass is 10.1. The zero-order valence-electron chi connectivity index (χ0n) is 21.2. The summed E-state index contributed by atoms with van der Waals surface area (Å²) in [5, 5.41) is 20.1. The Kier molecular flexibility index (Phi) is 7.34. The number of anilines is 1. The molecule has 0 spiro atoms. The standard InChI is InChI=1S/C28H21F4N5O4/c29-23-10-17(4-5-19(23)12-33)14-36-16-34-13-20(36)15-35-8-9-37(25(39)26(35)41-27(40)28(30,31)32)24-3-1-2-18-6-7-21(38)11-22(18)24/h1-7,10-11,13,16,26,38H,8-9,14-15H2. The Bertz CT molecular complexity index is 1680. The largest absolute Gasteiger partial charge is 0.508 e. The molecule has 1 aliphatic rings. The van der Waals surface area contributed by atoms with Crippen LogP contribution >= 0.6 is 0 Å². The third-order valence-electron chi connectivity index (χ3n) is 6.67. The van der Waals surface area contributed by atoms with Gasteiger partial charge in [-0.2, -0.15) is 18.4 Å². The van der Waals surface area contributed by atoms with Crippen molar-refractivity contribution in [1.29, 1.82) is 5.26 Å². The van der Waals surface area contributed by atoms with E-state index >= 15 is 0 Å². The van der Waals surface area contributed by atoms with Gasteiger partial charge in [0, 0.05) is 37.8 Å². The normalized spacial score (nSPS) is 16.1. The number of esters is 1. The molecule has 41 heavy (non-hydrogen) atoms. The number of phenols is 1. The summed E-state index contributed by atoms with van der Waals surface area (Å²) in [6.07, 6.45) is -4.38. The van der Waals surface area contributed by atoms with E-state index in [0.29, 0.717) is 27.7 Å². The Morgan fingerprint density at radius 3 is 2.66 bits per heavy atom. The third-order valence-corrected chi connectivity index (χ3v) is 6.67. The number of carbonyl (C=O) groups is 2. The molecule has 1 saturated heterocycles. The van der Waals surface area contributed by atoms with Crippen LogP contribution in [0.2, 0.25) is 0 Å². The second kappa shape index (κ2) is 10.9. The van der Waals surface area contributed by atoms with Gasteiger partial charge in [-0.05, 0) is 41.3 Å². The molecule has 2 heterocycles. The van der Waals surface area contributed by atoms with Gasteiger partial charge >= 0.3 is 12.1 Å². The highest BCUT2D eigenvalue weighted by Crippen LogP contribution is 2.32. The first kappa shape index (κ1) is 27.6. The Labute approximate surface area is 230 Å². The number of rotatable bonds is 6. The van der Waals surface area contributed by atoms with Crippen molar-refractivity contribution in [2.45, 2.75) is 25.5 Å². The molecule has 5 rings (SSSR count). The maximum atomic E-state index is 14.1. The summed E-state index contributed by atoms with van der Waals surface area (Å²) in [6, 6.07) is 15.4. The lowest BCUT2D eigenvalue weighted by Crippen LogP contribution is -2.59. The van der Waals surface area contributed by atoms with Crippen molar-refractivity contribution in [3.05, 3.63) is 89.8 Å². The number of amides is 1. The zero-order chi connectivity index (χ0) is 29.3. The number of carbonyl (C=O) groups excluding carboxylic acids is 2. The van der Waals surface area contributed by atoms with E-state index in [1.165, 1.54) is 46.6 Å². The van der Waals surface area contributed by atoms with Crippen molar-refractivity contribution in [1.82, 2.24) is 14.5 Å². The number of hydrogen-bond donors (Lipinski definition) is 1. The minimum absolute atomic E-state index is 0.0213. The number of phenolic OH excluding ortho intramolecular Hbond substituents is 1. The number of aromatic hydroxyl groups is 1. The molecule has 1 fully saturated rings. The second-order valence-corrected chi connectivity index (χ2v) is 9.34. The van der Waals surface area contributed by atoms with Crippen LogP contribution in [0.4, 0.5) is 23.2 Å². The Hall–Kier alpha value is -4.96. The number of hydrogen-bond acceptors (Lipinski definition) is 7. The topological polar surface area (TPSA) is 112 Å². The first-order chi connectivity index (χ1) is 19.5. The van der Waals surface area contributed by atoms with Crippen LogP contribution in [0.3, 0.4) is 0 Å². The monoisotopic (exact) mass is 567 g/mol. The van der Waals surface area contributed by atoms with Gasteiger partial charge in [0.1, 0.15) is 17.6 Å². The summed E-state index contributed by atoms with van der Waals surface area (Å²) in [6.45, 7) is 0.0684. The first-order valence-electron chi connectivity index (χ1n) is 12.3. The fourth-order valence-electron chi connectivity index (χ4n) is 4.69. The first-order valence-corrected chi connectivity index (χ1v) is 12.3. The van der Waals surface area contributed by atoms with Gasteiger partial charge in [0.25, 0.3) is 5.91 Å². The van der Waals surface area contributed by atoms with Gasteiger partial charge in [0.05, 0.1) is 23.3 Å². The Morgan fingerprint density at radius 1 is 1.12 bits per heavy atom. The number of halogens is 4. The summed E-state index contributed by atoms with van der Waals surface area (Å²) in [4.78, 5) is 32.1. The minimum Gasteiger partial charge on any atom is -0.508 e. The fourth-order valence-corrected chi connectivity index (χ4v) is 4.69. The number of imidazole rings is 1. The van der Waals surface area contributed by atoms with Gasteiger partial charge in [-0.15, -0.1) is 0 Å². The van der Waals surface area contributed by atoms with Crippen molar-refractivity contribution < 1.29 is 37.0 Å². The summed E-state index contributed by atoms with van der Waals surface area (Å²) < 4.78 is 60.0. The van der Waals surface area contributed by atoms with E-state index < -0.39 is 30.1 Å². The Morgan fingerprint density at radius 2 is 1.93 bits per heavy atom. The highest BCUT2D eigenvalue weighted by molar-refractivity contribution is 6.06. The van der Waals surface area contributed by atoms with E-state index in [2.05, 4.69) is 4.98 Å². The van der Waals surface area contributed by atoms with E-state index in [9.17, 15) is 32.3 Å². The Balaban J connectivity index is 1.44. The number of fused-ring (bicyclic) bond motifs is 1.